The SMILES string of the molecule is c1ccc(CCCCCCCCc2cccnc2)cc1. The predicted molar refractivity (Wildman–Crippen MR) is 85.8 cm³/mol. The van der Waals surface area contributed by atoms with Crippen molar-refractivity contribution in [1.29, 1.82) is 0 Å². The van der Waals surface area contributed by atoms with Crippen LogP contribution < -0.4 is 0 Å². The van der Waals surface area contributed by atoms with Crippen molar-refractivity contribution in [2.45, 2.75) is 51.4 Å². The van der Waals surface area contributed by atoms with E-state index in [1.165, 1.54) is 62.5 Å². The number of pyridine rings is 1. The molecule has 0 aliphatic rings. The Morgan fingerprint density at radius 3 is 1.85 bits per heavy atom. The van der Waals surface area contributed by atoms with Crippen LogP contribution >= 0.6 is 0 Å². The summed E-state index contributed by atoms with van der Waals surface area (Å²) in [6.45, 7) is 0. The fourth-order valence-electron chi connectivity index (χ4n) is 2.56. The van der Waals surface area contributed by atoms with Crippen LogP contribution in [0.5, 0.6) is 0 Å². The topological polar surface area (TPSA) is 12.9 Å². The Hall–Kier alpha value is -1.63. The number of unbranched alkanes of at least 4 members (excludes halogenated alkanes) is 5. The molecule has 106 valence electrons. The molecule has 0 unspecified atom stereocenters. The van der Waals surface area contributed by atoms with Gasteiger partial charge in [-0.15, -0.1) is 0 Å². The second-order valence-corrected chi connectivity index (χ2v) is 5.47. The van der Waals surface area contributed by atoms with Crippen LogP contribution in [0.15, 0.2) is 54.9 Å². The fraction of sp³-hybridized carbons (Fsp3) is 0.421. The quantitative estimate of drug-likeness (QED) is 0.568. The molecule has 0 saturated heterocycles. The van der Waals surface area contributed by atoms with Gasteiger partial charge in [0.2, 0.25) is 0 Å². The molecular weight excluding hydrogens is 242 g/mol. The highest BCUT2D eigenvalue weighted by Gasteiger charge is 1.95. The summed E-state index contributed by atoms with van der Waals surface area (Å²) in [5, 5.41) is 0. The number of aromatic nitrogens is 1. The van der Waals surface area contributed by atoms with Crippen LogP contribution in [0.1, 0.15) is 49.7 Å². The first-order valence-electron chi connectivity index (χ1n) is 7.88. The minimum Gasteiger partial charge on any atom is -0.264 e. The summed E-state index contributed by atoms with van der Waals surface area (Å²) < 4.78 is 0. The van der Waals surface area contributed by atoms with Crippen LogP contribution in [-0.4, -0.2) is 4.98 Å². The van der Waals surface area contributed by atoms with Crippen molar-refractivity contribution in [2.24, 2.45) is 0 Å². The van der Waals surface area contributed by atoms with Crippen LogP contribution in [-0.2, 0) is 12.8 Å². The average Bonchev–Trinajstić information content (AvgIpc) is 2.52. The molecule has 1 heterocycles. The van der Waals surface area contributed by atoms with Crippen LogP contribution in [0, 0.1) is 0 Å². The van der Waals surface area contributed by atoms with Gasteiger partial charge in [0.05, 0.1) is 0 Å². The van der Waals surface area contributed by atoms with E-state index in [1.807, 2.05) is 18.5 Å². The largest absolute Gasteiger partial charge is 0.264 e. The zero-order valence-electron chi connectivity index (χ0n) is 12.3. The van der Waals surface area contributed by atoms with Gasteiger partial charge in [0, 0.05) is 12.4 Å². The Morgan fingerprint density at radius 1 is 0.600 bits per heavy atom. The minimum absolute atomic E-state index is 1.18. The summed E-state index contributed by atoms with van der Waals surface area (Å²) in [7, 11) is 0. The number of hydrogen-bond donors (Lipinski definition) is 0. The second-order valence-electron chi connectivity index (χ2n) is 5.47. The molecule has 0 saturated carbocycles. The lowest BCUT2D eigenvalue weighted by Crippen LogP contribution is -1.88. The van der Waals surface area contributed by atoms with Gasteiger partial charge >= 0.3 is 0 Å². The summed E-state index contributed by atoms with van der Waals surface area (Å²) in [6, 6.07) is 15.0. The smallest absolute Gasteiger partial charge is 0.0299 e. The molecule has 2 rings (SSSR count). The molecule has 0 N–H and O–H groups in total. The monoisotopic (exact) mass is 267 g/mol. The Kier molecular flexibility index (Phi) is 6.87. The van der Waals surface area contributed by atoms with E-state index in [2.05, 4.69) is 41.4 Å². The predicted octanol–water partition coefficient (Wildman–Crippen LogP) is 5.21. The molecule has 20 heavy (non-hydrogen) atoms. The molecule has 1 heteroatoms. The van der Waals surface area contributed by atoms with Gasteiger partial charge < -0.3 is 0 Å². The summed E-state index contributed by atoms with van der Waals surface area (Å²) in [5.74, 6) is 0. The molecule has 0 radical (unpaired) electrons. The maximum Gasteiger partial charge on any atom is 0.0299 e. The highest BCUT2D eigenvalue weighted by atomic mass is 14.6. The molecule has 1 aromatic heterocycles. The van der Waals surface area contributed by atoms with Crippen molar-refractivity contribution in [2.75, 3.05) is 0 Å². The third kappa shape index (κ3) is 6.01. The van der Waals surface area contributed by atoms with Crippen molar-refractivity contribution < 1.29 is 0 Å². The van der Waals surface area contributed by atoms with E-state index in [0.717, 1.165) is 0 Å². The lowest BCUT2D eigenvalue weighted by atomic mass is 10.0. The van der Waals surface area contributed by atoms with E-state index >= 15 is 0 Å². The second kappa shape index (κ2) is 9.30. The van der Waals surface area contributed by atoms with Gasteiger partial charge in [-0.3, -0.25) is 4.98 Å². The van der Waals surface area contributed by atoms with Crippen LogP contribution in [0.4, 0.5) is 0 Å². The zero-order chi connectivity index (χ0) is 13.9. The molecule has 0 spiro atoms. The Labute approximate surface area is 123 Å². The molecule has 0 aliphatic heterocycles. The number of aryl methyl sites for hydroxylation is 2. The van der Waals surface area contributed by atoms with Crippen molar-refractivity contribution in [3.05, 3.63) is 66.0 Å². The van der Waals surface area contributed by atoms with E-state index in [-0.39, 0.29) is 0 Å². The number of benzene rings is 1. The van der Waals surface area contributed by atoms with E-state index in [1.54, 1.807) is 0 Å². The third-order valence-corrected chi connectivity index (χ3v) is 3.75. The summed E-state index contributed by atoms with van der Waals surface area (Å²) >= 11 is 0. The summed E-state index contributed by atoms with van der Waals surface area (Å²) in [4.78, 5) is 4.15. The molecule has 0 fully saturated rings. The highest BCUT2D eigenvalue weighted by molar-refractivity contribution is 5.14. The third-order valence-electron chi connectivity index (χ3n) is 3.75. The van der Waals surface area contributed by atoms with Gasteiger partial charge in [-0.05, 0) is 42.9 Å². The van der Waals surface area contributed by atoms with Crippen LogP contribution in [0.2, 0.25) is 0 Å². The normalized spacial score (nSPS) is 10.6. The van der Waals surface area contributed by atoms with Crippen LogP contribution in [0.3, 0.4) is 0 Å². The maximum absolute atomic E-state index is 4.15. The van der Waals surface area contributed by atoms with E-state index in [9.17, 15) is 0 Å². The minimum atomic E-state index is 1.18. The molecule has 0 aliphatic carbocycles. The molecule has 0 atom stereocenters. The first-order valence-corrected chi connectivity index (χ1v) is 7.88. The average molecular weight is 267 g/mol. The van der Waals surface area contributed by atoms with Crippen molar-refractivity contribution in [1.82, 2.24) is 4.98 Å². The molecule has 2 aromatic rings. The highest BCUT2D eigenvalue weighted by Crippen LogP contribution is 2.11. The van der Waals surface area contributed by atoms with E-state index in [0.29, 0.717) is 0 Å². The number of nitrogens with zero attached hydrogens (tertiary/aromatic N) is 1. The lowest BCUT2D eigenvalue weighted by molar-refractivity contribution is 0.593. The van der Waals surface area contributed by atoms with Gasteiger partial charge in [0.15, 0.2) is 0 Å². The standard InChI is InChI=1S/C19H25N/c1(3-6-11-18-12-8-5-9-13-18)2-4-7-14-19-15-10-16-20-17-19/h5,8-10,12-13,15-17H,1-4,6-7,11,14H2. The number of hydrogen-bond acceptors (Lipinski definition) is 1. The molecule has 1 nitrogen and oxygen atoms in total. The first kappa shape index (κ1) is 14.8. The zero-order valence-corrected chi connectivity index (χ0v) is 12.3. The Morgan fingerprint density at radius 2 is 1.20 bits per heavy atom. The molecule has 0 amide bonds. The van der Waals surface area contributed by atoms with Gasteiger partial charge in [0.1, 0.15) is 0 Å². The van der Waals surface area contributed by atoms with Gasteiger partial charge in [-0.2, -0.15) is 0 Å². The van der Waals surface area contributed by atoms with Crippen molar-refractivity contribution in [3.8, 4) is 0 Å². The molecule has 1 aromatic carbocycles. The van der Waals surface area contributed by atoms with E-state index in [4.69, 9.17) is 0 Å². The van der Waals surface area contributed by atoms with Gasteiger partial charge in [0.25, 0.3) is 0 Å². The van der Waals surface area contributed by atoms with Crippen molar-refractivity contribution >= 4 is 0 Å². The van der Waals surface area contributed by atoms with Gasteiger partial charge in [-0.25, -0.2) is 0 Å². The van der Waals surface area contributed by atoms with Crippen LogP contribution in [0.25, 0.3) is 0 Å². The van der Waals surface area contributed by atoms with Gasteiger partial charge in [-0.1, -0.05) is 62.1 Å². The first-order chi connectivity index (χ1) is 9.95. The Bertz CT molecular complexity index is 404. The fourth-order valence-corrected chi connectivity index (χ4v) is 2.56. The molecule has 0 bridgehead atoms. The lowest BCUT2D eigenvalue weighted by Gasteiger charge is -2.03. The molecular formula is C19H25N. The Balaban J connectivity index is 1.44. The van der Waals surface area contributed by atoms with E-state index < -0.39 is 0 Å². The van der Waals surface area contributed by atoms with Crippen molar-refractivity contribution in [3.63, 3.8) is 0 Å². The summed E-state index contributed by atoms with van der Waals surface area (Å²) in [6.07, 6.45) is 14.3. The maximum atomic E-state index is 4.15. The summed E-state index contributed by atoms with van der Waals surface area (Å²) in [5.41, 5.74) is 2.85. The number of rotatable bonds is 9.